The molecule has 2 bridgehead atoms. The topological polar surface area (TPSA) is 45.7 Å². The Morgan fingerprint density at radius 1 is 1.26 bits per heavy atom. The molecule has 2 aromatic rings. The fraction of sp³-hybridized carbons (Fsp3) is 0.429. The summed E-state index contributed by atoms with van der Waals surface area (Å²) in [7, 11) is 1.64. The highest BCUT2D eigenvalue weighted by Crippen LogP contribution is 2.32. The predicted molar refractivity (Wildman–Crippen MR) is 99.5 cm³/mol. The predicted octanol–water partition coefficient (Wildman–Crippen LogP) is 2.85. The van der Waals surface area contributed by atoms with E-state index in [9.17, 15) is 9.18 Å². The van der Waals surface area contributed by atoms with E-state index in [1.165, 1.54) is 12.1 Å². The quantitative estimate of drug-likeness (QED) is 0.813. The van der Waals surface area contributed by atoms with Crippen molar-refractivity contribution in [3.8, 4) is 5.75 Å². The van der Waals surface area contributed by atoms with Gasteiger partial charge in [-0.3, -0.25) is 14.7 Å². The molecule has 4 rings (SSSR count). The van der Waals surface area contributed by atoms with Gasteiger partial charge in [0.2, 0.25) is 5.91 Å². The molecule has 1 aromatic carbocycles. The first-order valence-electron chi connectivity index (χ1n) is 9.39. The molecule has 2 fully saturated rings. The van der Waals surface area contributed by atoms with E-state index in [1.54, 1.807) is 19.4 Å². The first-order valence-corrected chi connectivity index (χ1v) is 9.39. The van der Waals surface area contributed by atoms with Crippen LogP contribution in [0.15, 0.2) is 42.6 Å². The molecule has 1 amide bonds. The molecule has 0 unspecified atom stereocenters. The van der Waals surface area contributed by atoms with E-state index in [0.29, 0.717) is 19.0 Å². The largest absolute Gasteiger partial charge is 0.495 e. The summed E-state index contributed by atoms with van der Waals surface area (Å²) in [5.74, 6) is 1.12. The van der Waals surface area contributed by atoms with Crippen LogP contribution in [0.25, 0.3) is 0 Å². The van der Waals surface area contributed by atoms with E-state index in [4.69, 9.17) is 4.74 Å². The molecule has 0 aliphatic carbocycles. The molecular weight excluding hydrogens is 345 g/mol. The number of nitrogens with zero attached hydrogens (tertiary/aromatic N) is 3. The van der Waals surface area contributed by atoms with Crippen LogP contribution in [0.3, 0.4) is 0 Å². The van der Waals surface area contributed by atoms with Crippen LogP contribution in [-0.4, -0.2) is 46.9 Å². The Balaban J connectivity index is 1.50. The Morgan fingerprint density at radius 2 is 2.15 bits per heavy atom. The number of pyridine rings is 1. The maximum atomic E-state index is 13.5. The van der Waals surface area contributed by atoms with Gasteiger partial charge in [0, 0.05) is 25.8 Å². The fourth-order valence-corrected chi connectivity index (χ4v) is 4.23. The molecule has 5 nitrogen and oxygen atoms in total. The lowest BCUT2D eigenvalue weighted by molar-refractivity contribution is -0.146. The molecule has 27 heavy (non-hydrogen) atoms. The van der Waals surface area contributed by atoms with Crippen molar-refractivity contribution in [1.29, 1.82) is 0 Å². The van der Waals surface area contributed by atoms with Crippen molar-refractivity contribution in [2.24, 2.45) is 5.92 Å². The molecule has 142 valence electrons. The number of hydrogen-bond acceptors (Lipinski definition) is 4. The summed E-state index contributed by atoms with van der Waals surface area (Å²) < 4.78 is 18.9. The fourth-order valence-electron chi connectivity index (χ4n) is 4.23. The van der Waals surface area contributed by atoms with Crippen molar-refractivity contribution in [2.75, 3.05) is 20.2 Å². The van der Waals surface area contributed by atoms with Gasteiger partial charge in [0.05, 0.1) is 18.8 Å². The molecule has 0 radical (unpaired) electrons. The number of amides is 1. The second kappa shape index (κ2) is 7.64. The number of carbonyl (C=O) groups excluding carboxylic acids is 1. The smallest absolute Gasteiger partial charge is 0.240 e. The van der Waals surface area contributed by atoms with Crippen LogP contribution >= 0.6 is 0 Å². The molecule has 2 saturated heterocycles. The first kappa shape index (κ1) is 17.9. The Kier molecular flexibility index (Phi) is 5.07. The maximum absolute atomic E-state index is 13.5. The second-order valence-electron chi connectivity index (χ2n) is 7.38. The molecule has 2 aliphatic heterocycles. The summed E-state index contributed by atoms with van der Waals surface area (Å²) in [5, 5.41) is 0. The minimum Gasteiger partial charge on any atom is -0.495 e. The maximum Gasteiger partial charge on any atom is 0.240 e. The first-order chi connectivity index (χ1) is 13.1. The van der Waals surface area contributed by atoms with E-state index >= 15 is 0 Å². The van der Waals surface area contributed by atoms with E-state index in [0.717, 1.165) is 42.9 Å². The summed E-state index contributed by atoms with van der Waals surface area (Å²) in [6.45, 7) is 2.70. The van der Waals surface area contributed by atoms with Crippen molar-refractivity contribution < 1.29 is 13.9 Å². The number of piperidine rings is 2. The number of likely N-dealkylation sites (tertiary alicyclic amines) is 2. The molecule has 6 heteroatoms. The number of halogens is 1. The molecule has 2 aliphatic rings. The van der Waals surface area contributed by atoms with Crippen LogP contribution in [0.4, 0.5) is 4.39 Å². The van der Waals surface area contributed by atoms with Crippen LogP contribution in [0.5, 0.6) is 5.75 Å². The lowest BCUT2D eigenvalue weighted by Gasteiger charge is -2.46. The number of carbonyl (C=O) groups is 1. The van der Waals surface area contributed by atoms with Crippen molar-refractivity contribution >= 4 is 5.91 Å². The zero-order chi connectivity index (χ0) is 18.8. The standard InChI is InChI=1S/C21H24FN3O2/c1-27-20-6-3-8-23-18(20)14-24-9-7-16-11-19(24)21(26)25(13-16)12-15-4-2-5-17(22)10-15/h2-6,8,10,16,19H,7,9,11-14H2,1H3/t16-,19+/m0/s1. The van der Waals surface area contributed by atoms with Gasteiger partial charge in [-0.05, 0) is 55.1 Å². The van der Waals surface area contributed by atoms with Crippen LogP contribution in [0.1, 0.15) is 24.1 Å². The van der Waals surface area contributed by atoms with Crippen molar-refractivity contribution in [2.45, 2.75) is 32.0 Å². The number of aromatic nitrogens is 1. The average molecular weight is 369 g/mol. The van der Waals surface area contributed by atoms with Crippen molar-refractivity contribution in [3.63, 3.8) is 0 Å². The molecule has 0 spiro atoms. The summed E-state index contributed by atoms with van der Waals surface area (Å²) in [6.07, 6.45) is 3.69. The molecule has 0 saturated carbocycles. The number of methoxy groups -OCH3 is 1. The highest BCUT2D eigenvalue weighted by atomic mass is 19.1. The minimum atomic E-state index is -0.263. The Labute approximate surface area is 158 Å². The molecule has 2 atom stereocenters. The number of ether oxygens (including phenoxy) is 1. The van der Waals surface area contributed by atoms with Gasteiger partial charge in [0.1, 0.15) is 11.6 Å². The van der Waals surface area contributed by atoms with Gasteiger partial charge < -0.3 is 9.64 Å². The SMILES string of the molecule is COc1cccnc1CN1CC[C@H]2C[C@@H]1C(=O)N(Cc1cccc(F)c1)C2. The number of rotatable bonds is 5. The van der Waals surface area contributed by atoms with Gasteiger partial charge in [0.25, 0.3) is 0 Å². The van der Waals surface area contributed by atoms with E-state index in [2.05, 4.69) is 9.88 Å². The highest BCUT2D eigenvalue weighted by Gasteiger charge is 2.41. The van der Waals surface area contributed by atoms with Crippen molar-refractivity contribution in [1.82, 2.24) is 14.8 Å². The highest BCUT2D eigenvalue weighted by molar-refractivity contribution is 5.83. The monoisotopic (exact) mass is 369 g/mol. The van der Waals surface area contributed by atoms with Gasteiger partial charge in [-0.25, -0.2) is 4.39 Å². The van der Waals surface area contributed by atoms with Gasteiger partial charge in [0.15, 0.2) is 0 Å². The molecule has 1 aromatic heterocycles. The lowest BCUT2D eigenvalue weighted by atomic mass is 9.85. The lowest BCUT2D eigenvalue weighted by Crippen LogP contribution is -2.58. The van der Waals surface area contributed by atoms with Gasteiger partial charge >= 0.3 is 0 Å². The zero-order valence-electron chi connectivity index (χ0n) is 15.5. The van der Waals surface area contributed by atoms with E-state index in [-0.39, 0.29) is 17.8 Å². The van der Waals surface area contributed by atoms with Crippen molar-refractivity contribution in [3.05, 3.63) is 59.7 Å². The number of hydrogen-bond donors (Lipinski definition) is 0. The van der Waals surface area contributed by atoms with Crippen LogP contribution in [-0.2, 0) is 17.9 Å². The third kappa shape index (κ3) is 3.81. The molecule has 3 heterocycles. The molecular formula is C21H24FN3O2. The van der Waals surface area contributed by atoms with Crippen LogP contribution in [0, 0.1) is 11.7 Å². The third-order valence-electron chi connectivity index (χ3n) is 5.58. The summed E-state index contributed by atoms with van der Waals surface area (Å²) in [4.78, 5) is 21.7. The van der Waals surface area contributed by atoms with E-state index in [1.807, 2.05) is 23.1 Å². The van der Waals surface area contributed by atoms with Crippen LogP contribution in [0.2, 0.25) is 0 Å². The average Bonchev–Trinajstić information content (AvgIpc) is 2.68. The summed E-state index contributed by atoms with van der Waals surface area (Å²) in [5.41, 5.74) is 1.69. The Morgan fingerprint density at radius 3 is 2.96 bits per heavy atom. The number of fused-ring (bicyclic) bond motifs is 2. The Bertz CT molecular complexity index is 829. The van der Waals surface area contributed by atoms with Crippen LogP contribution < -0.4 is 4.74 Å². The Hall–Kier alpha value is -2.47. The second-order valence-corrected chi connectivity index (χ2v) is 7.38. The minimum absolute atomic E-state index is 0.130. The molecule has 0 N–H and O–H groups in total. The zero-order valence-corrected chi connectivity index (χ0v) is 15.5. The van der Waals surface area contributed by atoms with Gasteiger partial charge in [-0.15, -0.1) is 0 Å². The number of benzene rings is 1. The van der Waals surface area contributed by atoms with Gasteiger partial charge in [-0.2, -0.15) is 0 Å². The summed E-state index contributed by atoms with van der Waals surface area (Å²) >= 11 is 0. The van der Waals surface area contributed by atoms with E-state index < -0.39 is 0 Å². The third-order valence-corrected chi connectivity index (χ3v) is 5.58. The normalized spacial score (nSPS) is 22.7. The summed E-state index contributed by atoms with van der Waals surface area (Å²) in [6, 6.07) is 10.1. The van der Waals surface area contributed by atoms with Gasteiger partial charge in [-0.1, -0.05) is 12.1 Å².